The van der Waals surface area contributed by atoms with E-state index in [0.717, 1.165) is 15.5 Å². The van der Waals surface area contributed by atoms with Crippen molar-refractivity contribution >= 4 is 66.0 Å². The summed E-state index contributed by atoms with van der Waals surface area (Å²) >= 11 is 8.56. The Morgan fingerprint density at radius 3 is 2.39 bits per heavy atom. The Bertz CT molecular complexity index is 754. The van der Waals surface area contributed by atoms with E-state index in [1.54, 1.807) is 12.1 Å². The summed E-state index contributed by atoms with van der Waals surface area (Å²) in [5.74, 6) is -1.84. The molecule has 0 aliphatic rings. The van der Waals surface area contributed by atoms with Gasteiger partial charge in [0.05, 0.1) is 25.6 Å². The predicted molar refractivity (Wildman–Crippen MR) is 76.0 cm³/mol. The molecule has 1 aromatic carbocycles. The molecule has 0 bridgehead atoms. The summed E-state index contributed by atoms with van der Waals surface area (Å²) < 4.78 is 36.8. The van der Waals surface area contributed by atoms with Gasteiger partial charge in [0, 0.05) is 4.88 Å². The SMILES string of the molecule is Fc1c(F)c(-c2ccc(Br)s2)c2nsnc2c1Br. The highest BCUT2D eigenvalue weighted by Crippen LogP contribution is 2.40. The van der Waals surface area contributed by atoms with Crippen LogP contribution in [0.2, 0.25) is 0 Å². The van der Waals surface area contributed by atoms with Crippen molar-refractivity contribution in [2.24, 2.45) is 0 Å². The molecular weight excluding hydrogens is 410 g/mol. The first-order chi connectivity index (χ1) is 8.59. The first-order valence-corrected chi connectivity index (χ1v) is 7.77. The van der Waals surface area contributed by atoms with Crippen molar-refractivity contribution in [2.75, 3.05) is 0 Å². The molecule has 0 atom stereocenters. The van der Waals surface area contributed by atoms with Gasteiger partial charge in [0.15, 0.2) is 11.6 Å². The number of thiophene rings is 1. The van der Waals surface area contributed by atoms with E-state index in [4.69, 9.17) is 0 Å². The quantitative estimate of drug-likeness (QED) is 0.513. The van der Waals surface area contributed by atoms with E-state index in [-0.39, 0.29) is 10.0 Å². The Labute approximate surface area is 125 Å². The van der Waals surface area contributed by atoms with Crippen LogP contribution in [0, 0.1) is 11.6 Å². The van der Waals surface area contributed by atoms with Crippen molar-refractivity contribution < 1.29 is 8.78 Å². The average Bonchev–Trinajstić information content (AvgIpc) is 2.96. The first-order valence-electron chi connectivity index (χ1n) is 4.64. The molecule has 0 aliphatic heterocycles. The van der Waals surface area contributed by atoms with Crippen LogP contribution in [0.4, 0.5) is 8.78 Å². The van der Waals surface area contributed by atoms with Gasteiger partial charge in [0.2, 0.25) is 0 Å². The van der Waals surface area contributed by atoms with Gasteiger partial charge in [0.1, 0.15) is 11.0 Å². The van der Waals surface area contributed by atoms with E-state index >= 15 is 0 Å². The fourth-order valence-corrected chi connectivity index (χ4v) is 4.14. The van der Waals surface area contributed by atoms with Crippen LogP contribution in [0.15, 0.2) is 20.4 Å². The lowest BCUT2D eigenvalue weighted by Gasteiger charge is -2.04. The van der Waals surface area contributed by atoms with Crippen LogP contribution in [0.3, 0.4) is 0 Å². The molecule has 2 heterocycles. The molecule has 3 aromatic rings. The zero-order valence-electron chi connectivity index (χ0n) is 8.38. The Kier molecular flexibility index (Phi) is 3.21. The third-order valence-corrected chi connectivity index (χ3v) is 5.25. The highest BCUT2D eigenvalue weighted by atomic mass is 79.9. The smallest absolute Gasteiger partial charge is 0.176 e. The number of fused-ring (bicyclic) bond motifs is 1. The fraction of sp³-hybridized carbons (Fsp3) is 0. The maximum atomic E-state index is 14.1. The largest absolute Gasteiger partial charge is 0.203 e. The van der Waals surface area contributed by atoms with Crippen LogP contribution in [0.5, 0.6) is 0 Å². The third-order valence-electron chi connectivity index (χ3n) is 2.36. The number of aromatic nitrogens is 2. The molecule has 92 valence electrons. The zero-order valence-corrected chi connectivity index (χ0v) is 13.2. The Morgan fingerprint density at radius 2 is 1.72 bits per heavy atom. The summed E-state index contributed by atoms with van der Waals surface area (Å²) in [5, 5.41) is 0. The molecule has 3 rings (SSSR count). The Morgan fingerprint density at radius 1 is 1.00 bits per heavy atom. The molecule has 0 amide bonds. The van der Waals surface area contributed by atoms with Crippen LogP contribution in [0.25, 0.3) is 21.5 Å². The van der Waals surface area contributed by atoms with E-state index in [1.807, 2.05) is 0 Å². The minimum Gasteiger partial charge on any atom is -0.203 e. The van der Waals surface area contributed by atoms with Gasteiger partial charge in [-0.2, -0.15) is 8.75 Å². The lowest BCUT2D eigenvalue weighted by molar-refractivity contribution is 0.509. The molecule has 2 aromatic heterocycles. The van der Waals surface area contributed by atoms with E-state index in [0.29, 0.717) is 15.9 Å². The summed E-state index contributed by atoms with van der Waals surface area (Å²) in [6.07, 6.45) is 0. The van der Waals surface area contributed by atoms with Gasteiger partial charge in [-0.25, -0.2) is 8.78 Å². The van der Waals surface area contributed by atoms with Crippen LogP contribution in [0.1, 0.15) is 0 Å². The van der Waals surface area contributed by atoms with Crippen molar-refractivity contribution in [1.82, 2.24) is 8.75 Å². The summed E-state index contributed by atoms with van der Waals surface area (Å²) in [6, 6.07) is 3.50. The minimum absolute atomic E-state index is 0.0168. The molecule has 0 radical (unpaired) electrons. The molecule has 18 heavy (non-hydrogen) atoms. The second-order valence-electron chi connectivity index (χ2n) is 3.38. The number of halogens is 4. The lowest BCUT2D eigenvalue weighted by Crippen LogP contribution is -1.93. The molecule has 8 heteroatoms. The van der Waals surface area contributed by atoms with Gasteiger partial charge in [-0.15, -0.1) is 11.3 Å². The summed E-state index contributed by atoms with van der Waals surface area (Å²) in [6.45, 7) is 0. The maximum absolute atomic E-state index is 14.1. The zero-order chi connectivity index (χ0) is 12.9. The van der Waals surface area contributed by atoms with Crippen LogP contribution in [-0.2, 0) is 0 Å². The molecule has 2 nitrogen and oxygen atoms in total. The molecule has 0 N–H and O–H groups in total. The second-order valence-corrected chi connectivity index (χ2v) is 7.17. The van der Waals surface area contributed by atoms with E-state index in [9.17, 15) is 8.78 Å². The maximum Gasteiger partial charge on any atom is 0.176 e. The van der Waals surface area contributed by atoms with Crippen LogP contribution < -0.4 is 0 Å². The van der Waals surface area contributed by atoms with Gasteiger partial charge in [0.25, 0.3) is 0 Å². The molecule has 0 unspecified atom stereocenters. The summed E-state index contributed by atoms with van der Waals surface area (Å²) in [5.41, 5.74) is 0.883. The molecule has 0 aliphatic carbocycles. The number of hydrogen-bond acceptors (Lipinski definition) is 4. The van der Waals surface area contributed by atoms with Crippen molar-refractivity contribution in [1.29, 1.82) is 0 Å². The molecule has 0 fully saturated rings. The highest BCUT2D eigenvalue weighted by molar-refractivity contribution is 9.11. The average molecular weight is 412 g/mol. The molecule has 0 saturated carbocycles. The fourth-order valence-electron chi connectivity index (χ4n) is 1.58. The molecule has 0 saturated heterocycles. The highest BCUT2D eigenvalue weighted by Gasteiger charge is 2.23. The van der Waals surface area contributed by atoms with Crippen molar-refractivity contribution in [3.05, 3.63) is 32.0 Å². The van der Waals surface area contributed by atoms with Crippen molar-refractivity contribution in [3.63, 3.8) is 0 Å². The standard InChI is InChI=1S/C10H2Br2F2N2S2/c11-4-2-1-3(17-4)5-7(13)8(14)6(12)10-9(5)15-18-16-10/h1-2H. The van der Waals surface area contributed by atoms with E-state index in [2.05, 4.69) is 40.6 Å². The topological polar surface area (TPSA) is 25.8 Å². The summed E-state index contributed by atoms with van der Waals surface area (Å²) in [4.78, 5) is 0.614. The molecular formula is C10H2Br2F2N2S2. The van der Waals surface area contributed by atoms with Gasteiger partial charge in [-0.05, 0) is 44.0 Å². The van der Waals surface area contributed by atoms with Gasteiger partial charge in [-0.1, -0.05) is 0 Å². The van der Waals surface area contributed by atoms with Gasteiger partial charge >= 0.3 is 0 Å². The van der Waals surface area contributed by atoms with Crippen LogP contribution >= 0.6 is 54.9 Å². The normalized spacial score (nSPS) is 11.3. The number of hydrogen-bond donors (Lipinski definition) is 0. The Balaban J connectivity index is 2.44. The predicted octanol–water partition coefficient (Wildman–Crippen LogP) is 5.22. The van der Waals surface area contributed by atoms with Gasteiger partial charge in [-0.3, -0.25) is 0 Å². The van der Waals surface area contributed by atoms with Gasteiger partial charge < -0.3 is 0 Å². The Hall–Kier alpha value is -0.440. The molecule has 0 spiro atoms. The first kappa shape index (κ1) is 12.6. The van der Waals surface area contributed by atoms with Crippen molar-refractivity contribution in [2.45, 2.75) is 0 Å². The van der Waals surface area contributed by atoms with Crippen molar-refractivity contribution in [3.8, 4) is 10.4 Å². The third kappa shape index (κ3) is 1.82. The number of nitrogens with zero attached hydrogens (tertiary/aromatic N) is 2. The van der Waals surface area contributed by atoms with Crippen LogP contribution in [-0.4, -0.2) is 8.75 Å². The van der Waals surface area contributed by atoms with E-state index < -0.39 is 11.6 Å². The monoisotopic (exact) mass is 410 g/mol. The number of benzene rings is 1. The van der Waals surface area contributed by atoms with E-state index in [1.165, 1.54) is 11.3 Å². The minimum atomic E-state index is -0.935. The second kappa shape index (κ2) is 4.59. The number of rotatable bonds is 1. The summed E-state index contributed by atoms with van der Waals surface area (Å²) in [7, 11) is 0. The lowest BCUT2D eigenvalue weighted by atomic mass is 10.1.